The molecule has 8 heteroatoms. The molecule has 0 N–H and O–H groups in total. The third-order valence-corrected chi connectivity index (χ3v) is 4.04. The SMILES string of the molecule is CN(C)c1ncnc2c1CN(Cc1nnc(-c3ccco3)o1)CC2. The normalized spacial score (nSPS) is 14.6. The van der Waals surface area contributed by atoms with Crippen LogP contribution in [-0.4, -0.2) is 45.7 Å². The molecule has 24 heavy (non-hydrogen) atoms. The van der Waals surface area contributed by atoms with Crippen molar-refractivity contribution >= 4 is 5.82 Å². The van der Waals surface area contributed by atoms with Gasteiger partial charge in [0.2, 0.25) is 5.89 Å². The van der Waals surface area contributed by atoms with E-state index in [2.05, 4.69) is 25.1 Å². The van der Waals surface area contributed by atoms with Gasteiger partial charge in [-0.15, -0.1) is 10.2 Å². The van der Waals surface area contributed by atoms with Crippen LogP contribution >= 0.6 is 0 Å². The van der Waals surface area contributed by atoms with E-state index in [0.29, 0.717) is 24.1 Å². The molecule has 0 amide bonds. The van der Waals surface area contributed by atoms with Gasteiger partial charge in [0.1, 0.15) is 12.1 Å². The minimum Gasteiger partial charge on any atom is -0.459 e. The average molecular weight is 326 g/mol. The number of aromatic nitrogens is 4. The molecule has 4 heterocycles. The lowest BCUT2D eigenvalue weighted by Gasteiger charge is -2.29. The van der Waals surface area contributed by atoms with Crippen LogP contribution in [0.4, 0.5) is 5.82 Å². The van der Waals surface area contributed by atoms with Crippen molar-refractivity contribution in [2.45, 2.75) is 19.5 Å². The molecule has 4 rings (SSSR count). The van der Waals surface area contributed by atoms with Crippen molar-refractivity contribution in [3.05, 3.63) is 41.9 Å². The molecule has 0 spiro atoms. The van der Waals surface area contributed by atoms with Crippen LogP contribution in [0.1, 0.15) is 17.1 Å². The third-order valence-electron chi connectivity index (χ3n) is 4.04. The van der Waals surface area contributed by atoms with Gasteiger partial charge in [0.25, 0.3) is 5.89 Å². The Morgan fingerprint density at radius 2 is 2.17 bits per heavy atom. The summed E-state index contributed by atoms with van der Waals surface area (Å²) in [6.07, 6.45) is 4.11. The van der Waals surface area contributed by atoms with E-state index in [1.165, 1.54) is 5.56 Å². The van der Waals surface area contributed by atoms with Crippen LogP contribution in [0.3, 0.4) is 0 Å². The Labute approximate surface area is 139 Å². The van der Waals surface area contributed by atoms with E-state index >= 15 is 0 Å². The molecule has 3 aromatic heterocycles. The Hall–Kier alpha value is -2.74. The lowest BCUT2D eigenvalue weighted by Crippen LogP contribution is -2.32. The number of rotatable bonds is 4. The second-order valence-corrected chi connectivity index (χ2v) is 5.96. The largest absolute Gasteiger partial charge is 0.459 e. The van der Waals surface area contributed by atoms with Crippen LogP contribution < -0.4 is 4.90 Å². The van der Waals surface area contributed by atoms with Crippen molar-refractivity contribution in [1.29, 1.82) is 0 Å². The Bertz CT molecular complexity index is 827. The molecule has 0 fully saturated rings. The van der Waals surface area contributed by atoms with Crippen LogP contribution in [0, 0.1) is 0 Å². The molecule has 0 aromatic carbocycles. The maximum absolute atomic E-state index is 5.70. The van der Waals surface area contributed by atoms with Gasteiger partial charge in [-0.25, -0.2) is 9.97 Å². The highest BCUT2D eigenvalue weighted by Gasteiger charge is 2.23. The van der Waals surface area contributed by atoms with Crippen LogP contribution in [0.2, 0.25) is 0 Å². The summed E-state index contributed by atoms with van der Waals surface area (Å²) in [5.74, 6) is 2.53. The lowest BCUT2D eigenvalue weighted by atomic mass is 10.1. The smallest absolute Gasteiger partial charge is 0.283 e. The van der Waals surface area contributed by atoms with Crippen molar-refractivity contribution < 1.29 is 8.83 Å². The zero-order valence-corrected chi connectivity index (χ0v) is 13.6. The van der Waals surface area contributed by atoms with Crippen molar-refractivity contribution in [2.75, 3.05) is 25.5 Å². The van der Waals surface area contributed by atoms with Gasteiger partial charge in [0.15, 0.2) is 5.76 Å². The first-order valence-corrected chi connectivity index (χ1v) is 7.79. The number of hydrogen-bond acceptors (Lipinski definition) is 8. The molecule has 0 unspecified atom stereocenters. The summed E-state index contributed by atoms with van der Waals surface area (Å²) in [6, 6.07) is 3.60. The Morgan fingerprint density at radius 1 is 1.25 bits per heavy atom. The molecule has 124 valence electrons. The van der Waals surface area contributed by atoms with Gasteiger partial charge >= 0.3 is 0 Å². The molecular formula is C16H18N6O2. The minimum absolute atomic E-state index is 0.407. The molecule has 0 saturated heterocycles. The molecule has 0 saturated carbocycles. The summed E-state index contributed by atoms with van der Waals surface area (Å²) in [5.41, 5.74) is 2.28. The van der Waals surface area contributed by atoms with E-state index in [1.54, 1.807) is 24.7 Å². The highest BCUT2D eigenvalue weighted by molar-refractivity contribution is 5.48. The van der Waals surface area contributed by atoms with E-state index in [4.69, 9.17) is 8.83 Å². The molecule has 3 aromatic rings. The first kappa shape index (κ1) is 14.8. The van der Waals surface area contributed by atoms with Gasteiger partial charge < -0.3 is 13.7 Å². The van der Waals surface area contributed by atoms with Crippen molar-refractivity contribution in [3.8, 4) is 11.7 Å². The first-order valence-electron chi connectivity index (χ1n) is 7.79. The van der Waals surface area contributed by atoms with Gasteiger partial charge in [0.05, 0.1) is 18.5 Å². The van der Waals surface area contributed by atoms with E-state index in [0.717, 1.165) is 31.0 Å². The molecular weight excluding hydrogens is 308 g/mol. The van der Waals surface area contributed by atoms with Crippen LogP contribution in [0.25, 0.3) is 11.7 Å². The summed E-state index contributed by atoms with van der Waals surface area (Å²) in [6.45, 7) is 2.26. The summed E-state index contributed by atoms with van der Waals surface area (Å²) in [5, 5.41) is 8.16. The second-order valence-electron chi connectivity index (χ2n) is 5.96. The number of fused-ring (bicyclic) bond motifs is 1. The van der Waals surface area contributed by atoms with Crippen LogP contribution in [0.5, 0.6) is 0 Å². The zero-order chi connectivity index (χ0) is 16.5. The van der Waals surface area contributed by atoms with Crippen molar-refractivity contribution in [2.24, 2.45) is 0 Å². The van der Waals surface area contributed by atoms with Crippen LogP contribution in [0.15, 0.2) is 33.6 Å². The monoisotopic (exact) mass is 326 g/mol. The molecule has 0 radical (unpaired) electrons. The lowest BCUT2D eigenvalue weighted by molar-refractivity contribution is 0.220. The highest BCUT2D eigenvalue weighted by atomic mass is 16.4. The highest BCUT2D eigenvalue weighted by Crippen LogP contribution is 2.26. The average Bonchev–Trinajstić information content (AvgIpc) is 3.25. The third kappa shape index (κ3) is 2.76. The van der Waals surface area contributed by atoms with Gasteiger partial charge in [-0.05, 0) is 12.1 Å². The number of hydrogen-bond donors (Lipinski definition) is 0. The van der Waals surface area contributed by atoms with Gasteiger partial charge in [0, 0.05) is 39.2 Å². The zero-order valence-electron chi connectivity index (χ0n) is 13.6. The summed E-state index contributed by atoms with van der Waals surface area (Å²) in [7, 11) is 3.99. The molecule has 0 bridgehead atoms. The molecule has 8 nitrogen and oxygen atoms in total. The van der Waals surface area contributed by atoms with Crippen molar-refractivity contribution in [1.82, 2.24) is 25.1 Å². The summed E-state index contributed by atoms with van der Waals surface area (Å²) in [4.78, 5) is 13.1. The fraction of sp³-hybridized carbons (Fsp3) is 0.375. The fourth-order valence-electron chi connectivity index (χ4n) is 2.91. The number of anilines is 1. The Balaban J connectivity index is 1.51. The first-order chi connectivity index (χ1) is 11.7. The van der Waals surface area contributed by atoms with E-state index in [1.807, 2.05) is 19.0 Å². The molecule has 0 aliphatic carbocycles. The quantitative estimate of drug-likeness (QED) is 0.717. The van der Waals surface area contributed by atoms with Gasteiger partial charge in [-0.2, -0.15) is 0 Å². The predicted molar refractivity (Wildman–Crippen MR) is 86.2 cm³/mol. The second kappa shape index (κ2) is 6.04. The molecule has 0 atom stereocenters. The molecule has 1 aliphatic heterocycles. The maximum atomic E-state index is 5.70. The Kier molecular flexibility index (Phi) is 3.73. The van der Waals surface area contributed by atoms with E-state index in [9.17, 15) is 0 Å². The number of furan rings is 1. The maximum Gasteiger partial charge on any atom is 0.283 e. The Morgan fingerprint density at radius 3 is 2.96 bits per heavy atom. The topological polar surface area (TPSA) is 84.3 Å². The van der Waals surface area contributed by atoms with Crippen LogP contribution in [-0.2, 0) is 19.5 Å². The van der Waals surface area contributed by atoms with E-state index in [-0.39, 0.29) is 0 Å². The standard InChI is InChI=1S/C16H18N6O2/c1-21(2)15-11-8-22(6-5-12(11)17-10-18-15)9-14-19-20-16(24-14)13-4-3-7-23-13/h3-4,7,10H,5-6,8-9H2,1-2H3. The number of nitrogens with zero attached hydrogens (tertiary/aromatic N) is 6. The fourth-order valence-corrected chi connectivity index (χ4v) is 2.91. The predicted octanol–water partition coefficient (Wildman–Crippen LogP) is 1.74. The minimum atomic E-state index is 0.407. The van der Waals surface area contributed by atoms with Gasteiger partial charge in [-0.3, -0.25) is 4.90 Å². The van der Waals surface area contributed by atoms with E-state index < -0.39 is 0 Å². The van der Waals surface area contributed by atoms with Crippen molar-refractivity contribution in [3.63, 3.8) is 0 Å². The molecule has 1 aliphatic rings. The van der Waals surface area contributed by atoms with Gasteiger partial charge in [-0.1, -0.05) is 0 Å². The summed E-state index contributed by atoms with van der Waals surface area (Å²) < 4.78 is 11.0. The summed E-state index contributed by atoms with van der Waals surface area (Å²) >= 11 is 0.